The van der Waals surface area contributed by atoms with Crippen LogP contribution in [0.5, 0.6) is 0 Å². The first-order valence-corrected chi connectivity index (χ1v) is 9.37. The Morgan fingerprint density at radius 1 is 0.750 bits per heavy atom. The van der Waals surface area contributed by atoms with Gasteiger partial charge in [-0.2, -0.15) is 122 Å². The average molecular weight is 571 g/mol. The maximum absolute atomic E-state index is 4.78. The molecule has 32 heavy (non-hydrogen) atoms. The van der Waals surface area contributed by atoms with Crippen molar-refractivity contribution in [3.8, 4) is 0 Å². The minimum atomic E-state index is 0. The molecule has 0 unspecified atom stereocenters. The first-order chi connectivity index (χ1) is 14.7. The van der Waals surface area contributed by atoms with E-state index in [1.807, 2.05) is 72.8 Å². The van der Waals surface area contributed by atoms with Crippen LogP contribution in [0, 0.1) is 38.3 Å². The Morgan fingerprint density at radius 3 is 1.47 bits per heavy atom. The van der Waals surface area contributed by atoms with Gasteiger partial charge in [0.15, 0.2) is 0 Å². The molecule has 0 atom stereocenters. The molecular weight excluding hydrogens is 543 g/mol. The molecule has 4 rings (SSSR count). The number of hydrogen-bond donors (Lipinski definition) is 0. The van der Waals surface area contributed by atoms with Crippen LogP contribution in [0.3, 0.4) is 0 Å². The molecule has 0 heterocycles. The van der Waals surface area contributed by atoms with Gasteiger partial charge in [0.2, 0.25) is 0 Å². The number of aryl methyl sites for hydroxylation is 1. The molecule has 0 saturated heterocycles. The molecule has 156 valence electrons. The second kappa shape index (κ2) is 27.0. The van der Waals surface area contributed by atoms with Gasteiger partial charge in [0.25, 0.3) is 0 Å². The Balaban J connectivity index is -0.000000341. The van der Waals surface area contributed by atoms with Crippen LogP contribution < -0.4 is 0 Å². The molecule has 0 aromatic heterocycles. The Hall–Kier alpha value is -2.00. The van der Waals surface area contributed by atoms with Crippen LogP contribution in [0.4, 0.5) is 0 Å². The van der Waals surface area contributed by atoms with E-state index in [1.54, 1.807) is 0 Å². The van der Waals surface area contributed by atoms with E-state index in [-0.39, 0.29) is 52.4 Å². The summed E-state index contributed by atoms with van der Waals surface area (Å²) in [4.78, 5) is 0. The Kier molecular flexibility index (Phi) is 29.2. The van der Waals surface area contributed by atoms with Crippen molar-refractivity contribution in [1.82, 2.24) is 0 Å². The van der Waals surface area contributed by atoms with Gasteiger partial charge in [-0.25, -0.2) is 41.1 Å². The molecule has 0 fully saturated rings. The van der Waals surface area contributed by atoms with E-state index in [9.17, 15) is 0 Å². The van der Waals surface area contributed by atoms with E-state index in [4.69, 9.17) is 13.2 Å². The van der Waals surface area contributed by atoms with Crippen molar-refractivity contribution in [2.75, 3.05) is 0 Å². The van der Waals surface area contributed by atoms with Crippen LogP contribution in [0.25, 0.3) is 10.8 Å². The van der Waals surface area contributed by atoms with Gasteiger partial charge in [-0.15, -0.1) is 0 Å². The number of benzene rings is 3. The molecule has 0 bridgehead atoms. The van der Waals surface area contributed by atoms with Gasteiger partial charge in [-0.1, -0.05) is 6.92 Å². The van der Waals surface area contributed by atoms with Crippen molar-refractivity contribution >= 4 is 10.8 Å². The minimum Gasteiger partial charge on any atom is -0.293 e. The normalized spacial score (nSPS) is 7.53. The molecule has 0 aliphatic carbocycles. The largest absolute Gasteiger partial charge is 3.00 e. The summed E-state index contributed by atoms with van der Waals surface area (Å²) in [6.45, 7) is 18.3. The van der Waals surface area contributed by atoms with Crippen molar-refractivity contribution in [1.29, 1.82) is 0 Å². The molecule has 0 saturated carbocycles. The van der Waals surface area contributed by atoms with Gasteiger partial charge in [0, 0.05) is 0 Å². The van der Waals surface area contributed by atoms with Gasteiger partial charge in [-0.05, 0) is 0 Å². The number of fused-ring (bicyclic) bond motifs is 1. The van der Waals surface area contributed by atoms with E-state index in [2.05, 4.69) is 56.5 Å². The predicted molar refractivity (Wildman–Crippen MR) is 132 cm³/mol. The summed E-state index contributed by atoms with van der Waals surface area (Å²) in [6, 6.07) is 38.6. The van der Waals surface area contributed by atoms with Crippen LogP contribution in [-0.4, -0.2) is 0 Å². The van der Waals surface area contributed by atoms with Crippen molar-refractivity contribution in [3.05, 3.63) is 165 Å². The quantitative estimate of drug-likeness (QED) is 0.169. The minimum absolute atomic E-state index is 0. The fourth-order valence-electron chi connectivity index (χ4n) is 1.91. The van der Waals surface area contributed by atoms with E-state index >= 15 is 0 Å². The summed E-state index contributed by atoms with van der Waals surface area (Å²) in [5.74, 6) is 0. The fraction of sp³-hybridized carbons (Fsp3) is 0.0333. The average Bonchev–Trinajstić information content (AvgIpc) is 3.22. The first kappa shape index (κ1) is 34.6. The third-order valence-electron chi connectivity index (χ3n) is 3.16. The van der Waals surface area contributed by atoms with Crippen molar-refractivity contribution in [3.63, 3.8) is 0 Å². The predicted octanol–water partition coefficient (Wildman–Crippen LogP) is 7.96. The zero-order valence-corrected chi connectivity index (χ0v) is 23.5. The first-order valence-electron chi connectivity index (χ1n) is 9.37. The number of hydrogen-bond acceptors (Lipinski definition) is 0. The molecular formula is C30H28Zr2. The van der Waals surface area contributed by atoms with Crippen LogP contribution in [0.1, 0.15) is 5.56 Å². The van der Waals surface area contributed by atoms with E-state index < -0.39 is 0 Å². The fourth-order valence-corrected chi connectivity index (χ4v) is 1.91. The van der Waals surface area contributed by atoms with Crippen LogP contribution in [0.15, 0.2) is 128 Å². The monoisotopic (exact) mass is 568 g/mol. The molecule has 0 N–H and O–H groups in total. The summed E-state index contributed by atoms with van der Waals surface area (Å²) in [7, 11) is 0. The third-order valence-corrected chi connectivity index (χ3v) is 3.16. The van der Waals surface area contributed by atoms with Crippen molar-refractivity contribution in [2.24, 2.45) is 0 Å². The van der Waals surface area contributed by atoms with Gasteiger partial charge in [-0.3, -0.25) is 13.2 Å². The Bertz CT molecular complexity index is 781. The van der Waals surface area contributed by atoms with E-state index in [0.29, 0.717) is 0 Å². The SMILES string of the molecule is Cc1cc2[c-]cccc2[cH-]1.[CH-]=CC=C.[CH-]=CC=C.[Zr+3].[Zr+3].[c-]1ccccc1.[c-]1ccccc1. The molecule has 2 radical (unpaired) electrons. The third kappa shape index (κ3) is 21.2. The smallest absolute Gasteiger partial charge is 0.293 e. The molecule has 0 spiro atoms. The van der Waals surface area contributed by atoms with Gasteiger partial charge in [0.1, 0.15) is 0 Å². The Labute approximate surface area is 233 Å². The van der Waals surface area contributed by atoms with Crippen LogP contribution in [-0.2, 0) is 52.4 Å². The van der Waals surface area contributed by atoms with E-state index in [0.717, 1.165) is 0 Å². The summed E-state index contributed by atoms with van der Waals surface area (Å²) in [5.41, 5.74) is 1.32. The van der Waals surface area contributed by atoms with Crippen LogP contribution in [0.2, 0.25) is 0 Å². The molecule has 2 heteroatoms. The van der Waals surface area contributed by atoms with Gasteiger partial charge >= 0.3 is 52.4 Å². The maximum Gasteiger partial charge on any atom is 3.00 e. The zero-order chi connectivity index (χ0) is 22.3. The zero-order valence-electron chi connectivity index (χ0n) is 18.5. The summed E-state index contributed by atoms with van der Waals surface area (Å²) in [6.07, 6.45) is 5.83. The molecule has 0 nitrogen and oxygen atoms in total. The van der Waals surface area contributed by atoms with Crippen LogP contribution >= 0.6 is 0 Å². The maximum atomic E-state index is 4.78. The molecule has 0 aliphatic heterocycles. The summed E-state index contributed by atoms with van der Waals surface area (Å²) in [5, 5.41) is 2.51. The number of rotatable bonds is 2. The van der Waals surface area contributed by atoms with Crippen molar-refractivity contribution < 1.29 is 52.4 Å². The molecule has 4 aromatic carbocycles. The van der Waals surface area contributed by atoms with Crippen molar-refractivity contribution in [2.45, 2.75) is 6.92 Å². The standard InChI is InChI=1S/C10H8.2C6H5.2C4H5.2Zr/c1-8-6-9-4-2-3-5-10(9)7-8;2*1-2-4-6-5-3-1;2*1-3-4-2;;/h2-4,6-7H,1H3;2*1-5H;2*1,3-4H,2H2;;/q-2;4*-1;2*+3. The Morgan fingerprint density at radius 2 is 1.19 bits per heavy atom. The van der Waals surface area contributed by atoms with Gasteiger partial charge < -0.3 is 0 Å². The molecule has 0 aliphatic rings. The molecule has 0 amide bonds. The second-order valence-electron chi connectivity index (χ2n) is 5.58. The number of allylic oxidation sites excluding steroid dienone is 4. The topological polar surface area (TPSA) is 0 Å². The van der Waals surface area contributed by atoms with E-state index in [1.165, 1.54) is 40.6 Å². The second-order valence-corrected chi connectivity index (χ2v) is 5.58. The summed E-state index contributed by atoms with van der Waals surface area (Å²) >= 11 is 0. The van der Waals surface area contributed by atoms with Gasteiger partial charge in [0.05, 0.1) is 0 Å². The summed E-state index contributed by atoms with van der Waals surface area (Å²) < 4.78 is 0. The molecule has 4 aromatic rings.